The highest BCUT2D eigenvalue weighted by atomic mass is 16.2. The van der Waals surface area contributed by atoms with Crippen molar-refractivity contribution in [1.82, 2.24) is 15.5 Å². The first-order valence-electron chi connectivity index (χ1n) is 7.61. The van der Waals surface area contributed by atoms with E-state index in [0.717, 1.165) is 38.6 Å². The van der Waals surface area contributed by atoms with Crippen molar-refractivity contribution >= 4 is 11.9 Å². The lowest BCUT2D eigenvalue weighted by molar-refractivity contribution is -0.128. The van der Waals surface area contributed by atoms with Crippen LogP contribution in [0.15, 0.2) is 29.3 Å². The predicted octanol–water partition coefficient (Wildman–Crippen LogP) is 1.25. The van der Waals surface area contributed by atoms with Crippen molar-refractivity contribution in [3.8, 4) is 0 Å². The summed E-state index contributed by atoms with van der Waals surface area (Å²) in [5.41, 5.74) is 2.41. The van der Waals surface area contributed by atoms with Gasteiger partial charge in [-0.2, -0.15) is 0 Å². The molecule has 3 rings (SSSR count). The van der Waals surface area contributed by atoms with Crippen molar-refractivity contribution in [2.45, 2.75) is 38.9 Å². The molecule has 5 heteroatoms. The smallest absolute Gasteiger partial charge is 0.222 e. The van der Waals surface area contributed by atoms with Crippen molar-refractivity contribution in [2.75, 3.05) is 13.1 Å². The van der Waals surface area contributed by atoms with Crippen molar-refractivity contribution in [3.05, 3.63) is 35.4 Å². The number of rotatable bonds is 4. The van der Waals surface area contributed by atoms with Gasteiger partial charge in [-0.05, 0) is 24.5 Å². The highest BCUT2D eigenvalue weighted by Gasteiger charge is 2.19. The molecule has 112 valence electrons. The fourth-order valence-electron chi connectivity index (χ4n) is 2.70. The summed E-state index contributed by atoms with van der Waals surface area (Å²) >= 11 is 0. The lowest BCUT2D eigenvalue weighted by Crippen LogP contribution is -2.37. The van der Waals surface area contributed by atoms with Crippen molar-refractivity contribution < 1.29 is 4.79 Å². The third kappa shape index (κ3) is 3.54. The molecule has 0 aliphatic carbocycles. The van der Waals surface area contributed by atoms with E-state index in [1.54, 1.807) is 0 Å². The second-order valence-electron chi connectivity index (χ2n) is 5.82. The topological polar surface area (TPSA) is 56.7 Å². The van der Waals surface area contributed by atoms with E-state index in [2.05, 4.69) is 46.8 Å². The summed E-state index contributed by atoms with van der Waals surface area (Å²) in [4.78, 5) is 17.9. The Morgan fingerprint density at radius 2 is 2.10 bits per heavy atom. The first-order chi connectivity index (χ1) is 10.2. The molecule has 0 radical (unpaired) electrons. The molecule has 1 atom stereocenters. The minimum Gasteiger partial charge on any atom is -0.352 e. The number of likely N-dealkylation sites (tertiary alicyclic amines) is 1. The molecule has 0 saturated carbocycles. The summed E-state index contributed by atoms with van der Waals surface area (Å²) in [6.45, 7) is 5.35. The van der Waals surface area contributed by atoms with Crippen LogP contribution in [0.2, 0.25) is 0 Å². The Balaban J connectivity index is 1.51. The van der Waals surface area contributed by atoms with Gasteiger partial charge in [-0.3, -0.25) is 9.79 Å². The zero-order valence-corrected chi connectivity index (χ0v) is 12.4. The lowest BCUT2D eigenvalue weighted by atomic mass is 10.1. The number of amides is 1. The Labute approximate surface area is 125 Å². The number of carbonyl (C=O) groups excluding carboxylic acids is 1. The number of carbonyl (C=O) groups is 1. The molecule has 2 heterocycles. The Morgan fingerprint density at radius 1 is 1.33 bits per heavy atom. The first-order valence-corrected chi connectivity index (χ1v) is 7.61. The summed E-state index contributed by atoms with van der Waals surface area (Å²) in [5.74, 6) is 1.16. The molecule has 0 aromatic heterocycles. The standard InChI is InChI=1S/C16H22N4O/c1-12-9-17-16(19-12)18-10-13-4-6-14(7-5-13)11-20-8-2-3-15(20)21/h4-7,12H,2-3,8-11H2,1H3,(H2,17,18,19). The molecule has 1 saturated heterocycles. The molecule has 1 amide bonds. The van der Waals surface area contributed by atoms with Crippen molar-refractivity contribution in [1.29, 1.82) is 0 Å². The number of hydrogen-bond acceptors (Lipinski definition) is 4. The minimum absolute atomic E-state index is 0.278. The third-order valence-electron chi connectivity index (χ3n) is 3.93. The molecule has 2 aliphatic rings. The van der Waals surface area contributed by atoms with Gasteiger partial charge in [-0.25, -0.2) is 0 Å². The molecule has 0 spiro atoms. The monoisotopic (exact) mass is 286 g/mol. The van der Waals surface area contributed by atoms with E-state index in [1.165, 1.54) is 11.1 Å². The van der Waals surface area contributed by atoms with Crippen LogP contribution in [0.1, 0.15) is 30.9 Å². The Morgan fingerprint density at radius 3 is 2.71 bits per heavy atom. The van der Waals surface area contributed by atoms with Gasteiger partial charge in [0.15, 0.2) is 5.96 Å². The molecule has 2 aliphatic heterocycles. The fraction of sp³-hybridized carbons (Fsp3) is 0.500. The molecule has 21 heavy (non-hydrogen) atoms. The highest BCUT2D eigenvalue weighted by Crippen LogP contribution is 2.14. The van der Waals surface area contributed by atoms with E-state index in [9.17, 15) is 4.79 Å². The molecular formula is C16H22N4O. The van der Waals surface area contributed by atoms with Crippen LogP contribution in [0.4, 0.5) is 0 Å². The van der Waals surface area contributed by atoms with Crippen LogP contribution in [-0.2, 0) is 17.9 Å². The van der Waals surface area contributed by atoms with E-state index >= 15 is 0 Å². The summed E-state index contributed by atoms with van der Waals surface area (Å²) in [5, 5.41) is 6.59. The largest absolute Gasteiger partial charge is 0.352 e. The number of aliphatic imine (C=N–C) groups is 1. The highest BCUT2D eigenvalue weighted by molar-refractivity contribution is 5.81. The Kier molecular flexibility index (Phi) is 4.08. The van der Waals surface area contributed by atoms with Gasteiger partial charge in [0.05, 0.1) is 6.54 Å². The average molecular weight is 286 g/mol. The van der Waals surface area contributed by atoms with Crippen LogP contribution >= 0.6 is 0 Å². The molecule has 5 nitrogen and oxygen atoms in total. The van der Waals surface area contributed by atoms with Gasteiger partial charge in [0.25, 0.3) is 0 Å². The number of guanidine groups is 1. The van der Waals surface area contributed by atoms with Crippen LogP contribution in [0.5, 0.6) is 0 Å². The minimum atomic E-state index is 0.278. The lowest BCUT2D eigenvalue weighted by Gasteiger charge is -2.15. The maximum atomic E-state index is 11.6. The summed E-state index contributed by atoms with van der Waals surface area (Å²) < 4.78 is 0. The molecule has 2 N–H and O–H groups in total. The van der Waals surface area contributed by atoms with Crippen molar-refractivity contribution in [3.63, 3.8) is 0 Å². The van der Waals surface area contributed by atoms with Gasteiger partial charge in [-0.15, -0.1) is 0 Å². The molecule has 0 bridgehead atoms. The maximum absolute atomic E-state index is 11.6. The van der Waals surface area contributed by atoms with E-state index < -0.39 is 0 Å². The number of nitrogens with zero attached hydrogens (tertiary/aromatic N) is 2. The summed E-state index contributed by atoms with van der Waals surface area (Å²) in [7, 11) is 0. The molecule has 1 aromatic carbocycles. The van der Waals surface area contributed by atoms with Gasteiger partial charge < -0.3 is 15.5 Å². The summed E-state index contributed by atoms with van der Waals surface area (Å²) in [6, 6.07) is 8.86. The average Bonchev–Trinajstić information content (AvgIpc) is 3.08. The number of nitrogens with one attached hydrogen (secondary N) is 2. The van der Waals surface area contributed by atoms with E-state index in [-0.39, 0.29) is 5.91 Å². The van der Waals surface area contributed by atoms with Crippen molar-refractivity contribution in [2.24, 2.45) is 4.99 Å². The fourth-order valence-corrected chi connectivity index (χ4v) is 2.70. The zero-order valence-electron chi connectivity index (χ0n) is 12.4. The second kappa shape index (κ2) is 6.16. The molecule has 1 unspecified atom stereocenters. The van der Waals surface area contributed by atoms with Crippen LogP contribution in [0.25, 0.3) is 0 Å². The van der Waals surface area contributed by atoms with Gasteiger partial charge in [-0.1, -0.05) is 24.3 Å². The number of hydrogen-bond donors (Lipinski definition) is 2. The molecular weight excluding hydrogens is 264 g/mol. The normalized spacial score (nSPS) is 21.4. The Hall–Kier alpha value is -2.04. The SMILES string of the molecule is CC1CN=C(NCc2ccc(CN3CCCC3=O)cc2)N1. The predicted molar refractivity (Wildman–Crippen MR) is 82.8 cm³/mol. The van der Waals surface area contributed by atoms with Crippen LogP contribution in [0.3, 0.4) is 0 Å². The van der Waals surface area contributed by atoms with Crippen LogP contribution < -0.4 is 10.6 Å². The van der Waals surface area contributed by atoms with E-state index in [0.29, 0.717) is 12.5 Å². The third-order valence-corrected chi connectivity index (χ3v) is 3.93. The first kappa shape index (κ1) is 13.9. The second-order valence-corrected chi connectivity index (χ2v) is 5.82. The van der Waals surface area contributed by atoms with E-state index in [1.807, 2.05) is 4.90 Å². The van der Waals surface area contributed by atoms with Gasteiger partial charge in [0.1, 0.15) is 0 Å². The van der Waals surface area contributed by atoms with Crippen LogP contribution in [-0.4, -0.2) is 35.9 Å². The maximum Gasteiger partial charge on any atom is 0.222 e. The Bertz CT molecular complexity index is 538. The molecule has 1 fully saturated rings. The molecule has 1 aromatic rings. The van der Waals surface area contributed by atoms with Gasteiger partial charge >= 0.3 is 0 Å². The van der Waals surface area contributed by atoms with Crippen LogP contribution in [0, 0.1) is 0 Å². The number of benzene rings is 1. The van der Waals surface area contributed by atoms with E-state index in [4.69, 9.17) is 0 Å². The summed E-state index contributed by atoms with van der Waals surface area (Å²) in [6.07, 6.45) is 1.70. The zero-order chi connectivity index (χ0) is 14.7. The quantitative estimate of drug-likeness (QED) is 0.876. The van der Waals surface area contributed by atoms with Gasteiger partial charge in [0.2, 0.25) is 5.91 Å². The van der Waals surface area contributed by atoms with Gasteiger partial charge in [0, 0.05) is 32.1 Å².